The summed E-state index contributed by atoms with van der Waals surface area (Å²) < 4.78 is 6.19. The Morgan fingerprint density at radius 1 is 1.14 bits per heavy atom. The molecule has 0 radical (unpaired) electrons. The molecule has 1 saturated heterocycles. The van der Waals surface area contributed by atoms with Gasteiger partial charge in [-0.05, 0) is 48.2 Å². The lowest BCUT2D eigenvalue weighted by Crippen LogP contribution is -2.71. The summed E-state index contributed by atoms with van der Waals surface area (Å²) in [4.78, 5) is 42.3. The molecule has 2 heterocycles. The largest absolute Gasteiger partial charge is 0.465 e. The second-order valence-corrected chi connectivity index (χ2v) is 9.78. The molecule has 1 atom stereocenters. The van der Waals surface area contributed by atoms with Gasteiger partial charge in [-0.2, -0.15) is 0 Å². The summed E-state index contributed by atoms with van der Waals surface area (Å²) in [6, 6.07) is 15.6. The number of rotatable bonds is 9. The monoisotopic (exact) mass is 494 g/mol. The summed E-state index contributed by atoms with van der Waals surface area (Å²) in [6.07, 6.45) is 0.487. The molecule has 1 N–H and O–H groups in total. The van der Waals surface area contributed by atoms with E-state index in [1.54, 1.807) is 18.3 Å². The zero-order chi connectivity index (χ0) is 25.0. The van der Waals surface area contributed by atoms with Crippen molar-refractivity contribution in [3.63, 3.8) is 0 Å². The molecular formula is C27H30N2O5S. The van der Waals surface area contributed by atoms with Crippen LogP contribution in [0, 0.1) is 6.92 Å². The number of thiophene rings is 1. The molecule has 2 amide bonds. The molecule has 7 nitrogen and oxygen atoms in total. The van der Waals surface area contributed by atoms with Gasteiger partial charge in [0.1, 0.15) is 12.1 Å². The summed E-state index contributed by atoms with van der Waals surface area (Å²) in [5.74, 6) is -1.18. The van der Waals surface area contributed by atoms with E-state index in [0.29, 0.717) is 13.0 Å². The van der Waals surface area contributed by atoms with Gasteiger partial charge >= 0.3 is 5.97 Å². The van der Waals surface area contributed by atoms with Gasteiger partial charge in [0.05, 0.1) is 19.6 Å². The molecule has 1 fully saturated rings. The minimum absolute atomic E-state index is 0.148. The number of hydrogen-bond donors (Lipinski definition) is 1. The van der Waals surface area contributed by atoms with Crippen LogP contribution in [0.2, 0.25) is 0 Å². The minimum atomic E-state index is -1.37. The van der Waals surface area contributed by atoms with Crippen LogP contribution in [-0.2, 0) is 32.1 Å². The Hall–Kier alpha value is -3.23. The van der Waals surface area contributed by atoms with Gasteiger partial charge in [-0.15, -0.1) is 11.3 Å². The molecule has 1 aliphatic heterocycles. The fourth-order valence-electron chi connectivity index (χ4n) is 4.51. The highest BCUT2D eigenvalue weighted by molar-refractivity contribution is 7.17. The van der Waals surface area contributed by atoms with Crippen molar-refractivity contribution in [2.45, 2.75) is 38.8 Å². The molecule has 8 heteroatoms. The van der Waals surface area contributed by atoms with E-state index in [1.165, 1.54) is 9.80 Å². The molecule has 3 aromatic rings. The van der Waals surface area contributed by atoms with Gasteiger partial charge in [0.15, 0.2) is 0 Å². The third-order valence-electron chi connectivity index (χ3n) is 6.54. The third kappa shape index (κ3) is 5.09. The SMILES string of the molecule is CCOC(=O)CN(Cc1ccc(C)cc1)C(=O)C1(CO)CCN1C(=O)Cc1csc2ccccc12. The van der Waals surface area contributed by atoms with E-state index in [1.807, 2.05) is 60.8 Å². The molecule has 0 aliphatic carbocycles. The first-order valence-electron chi connectivity index (χ1n) is 11.7. The van der Waals surface area contributed by atoms with Gasteiger partial charge in [0.2, 0.25) is 5.91 Å². The van der Waals surface area contributed by atoms with Crippen LogP contribution in [0.5, 0.6) is 0 Å². The van der Waals surface area contributed by atoms with Crippen molar-refractivity contribution in [3.8, 4) is 0 Å². The molecule has 0 saturated carbocycles. The van der Waals surface area contributed by atoms with Gasteiger partial charge in [-0.25, -0.2) is 0 Å². The number of aliphatic hydroxyl groups is 1. The highest BCUT2D eigenvalue weighted by Crippen LogP contribution is 2.35. The van der Waals surface area contributed by atoms with Crippen molar-refractivity contribution >= 4 is 39.2 Å². The summed E-state index contributed by atoms with van der Waals surface area (Å²) in [6.45, 7) is 3.69. The number of likely N-dealkylation sites (tertiary alicyclic amines) is 1. The molecule has 184 valence electrons. The van der Waals surface area contributed by atoms with E-state index in [9.17, 15) is 19.5 Å². The first-order valence-corrected chi connectivity index (χ1v) is 12.6. The number of carbonyl (C=O) groups excluding carboxylic acids is 3. The number of carbonyl (C=O) groups is 3. The van der Waals surface area contributed by atoms with Crippen LogP contribution in [0.15, 0.2) is 53.9 Å². The number of benzene rings is 2. The summed E-state index contributed by atoms with van der Waals surface area (Å²) in [5, 5.41) is 13.3. The van der Waals surface area contributed by atoms with E-state index in [0.717, 1.165) is 26.8 Å². The van der Waals surface area contributed by atoms with E-state index >= 15 is 0 Å². The number of aryl methyl sites for hydroxylation is 1. The lowest BCUT2D eigenvalue weighted by atomic mass is 9.82. The smallest absolute Gasteiger partial charge is 0.325 e. The van der Waals surface area contributed by atoms with Crippen LogP contribution in [0.4, 0.5) is 0 Å². The first-order chi connectivity index (χ1) is 16.9. The summed E-state index contributed by atoms with van der Waals surface area (Å²) >= 11 is 1.58. The lowest BCUT2D eigenvalue weighted by Gasteiger charge is -2.51. The van der Waals surface area contributed by atoms with Crippen molar-refractivity contribution in [1.29, 1.82) is 0 Å². The number of amides is 2. The highest BCUT2D eigenvalue weighted by atomic mass is 32.1. The first kappa shape index (κ1) is 24.9. The van der Waals surface area contributed by atoms with Gasteiger partial charge in [0.25, 0.3) is 5.91 Å². The van der Waals surface area contributed by atoms with E-state index in [4.69, 9.17) is 4.74 Å². The summed E-state index contributed by atoms with van der Waals surface area (Å²) in [7, 11) is 0. The molecule has 1 aromatic heterocycles. The van der Waals surface area contributed by atoms with E-state index in [-0.39, 0.29) is 32.0 Å². The second-order valence-electron chi connectivity index (χ2n) is 8.87. The maximum absolute atomic E-state index is 13.8. The Labute approximate surface area is 208 Å². The minimum Gasteiger partial charge on any atom is -0.465 e. The molecule has 0 spiro atoms. The van der Waals surface area contributed by atoms with Gasteiger partial charge in [-0.3, -0.25) is 14.4 Å². The molecule has 1 unspecified atom stereocenters. The van der Waals surface area contributed by atoms with Crippen LogP contribution >= 0.6 is 11.3 Å². The number of esters is 1. The number of hydrogen-bond acceptors (Lipinski definition) is 6. The van der Waals surface area contributed by atoms with Crippen molar-refractivity contribution in [2.24, 2.45) is 0 Å². The Morgan fingerprint density at radius 3 is 2.54 bits per heavy atom. The molecule has 35 heavy (non-hydrogen) atoms. The van der Waals surface area contributed by atoms with Crippen LogP contribution < -0.4 is 0 Å². The molecular weight excluding hydrogens is 464 g/mol. The number of fused-ring (bicyclic) bond motifs is 1. The molecule has 1 aliphatic rings. The van der Waals surface area contributed by atoms with Crippen LogP contribution in [0.25, 0.3) is 10.1 Å². The number of ether oxygens (including phenoxy) is 1. The van der Waals surface area contributed by atoms with E-state index in [2.05, 4.69) is 0 Å². The third-order valence-corrected chi connectivity index (χ3v) is 7.55. The van der Waals surface area contributed by atoms with Crippen molar-refractivity contribution < 1.29 is 24.2 Å². The number of nitrogens with zero attached hydrogens (tertiary/aromatic N) is 2. The fraction of sp³-hybridized carbons (Fsp3) is 0.370. The normalized spacial score (nSPS) is 17.2. The second kappa shape index (κ2) is 10.6. The quantitative estimate of drug-likeness (QED) is 0.461. The Kier molecular flexibility index (Phi) is 7.52. The Morgan fingerprint density at radius 2 is 1.89 bits per heavy atom. The van der Waals surface area contributed by atoms with Crippen LogP contribution in [0.3, 0.4) is 0 Å². The van der Waals surface area contributed by atoms with Crippen LogP contribution in [-0.4, -0.2) is 64.5 Å². The standard InChI is InChI=1S/C27H30N2O5S/c1-3-34-25(32)16-28(15-20-10-8-19(2)9-11-20)26(33)27(18-30)12-13-29(27)24(31)14-21-17-35-23-7-5-4-6-22(21)23/h4-11,17,30H,3,12-16,18H2,1-2H3. The topological polar surface area (TPSA) is 87.2 Å². The van der Waals surface area contributed by atoms with Gasteiger partial charge in [0, 0.05) is 17.8 Å². The maximum atomic E-state index is 13.8. The Balaban J connectivity index is 1.56. The average molecular weight is 495 g/mol. The van der Waals surface area contributed by atoms with Crippen molar-refractivity contribution in [1.82, 2.24) is 9.80 Å². The predicted octanol–water partition coefficient (Wildman–Crippen LogP) is 3.31. The number of aliphatic hydroxyl groups excluding tert-OH is 1. The molecule has 4 rings (SSSR count). The average Bonchev–Trinajstić information content (AvgIpc) is 3.23. The van der Waals surface area contributed by atoms with E-state index < -0.39 is 24.0 Å². The van der Waals surface area contributed by atoms with Gasteiger partial charge in [-0.1, -0.05) is 48.0 Å². The Bertz CT molecular complexity index is 1220. The zero-order valence-electron chi connectivity index (χ0n) is 20.0. The van der Waals surface area contributed by atoms with Crippen molar-refractivity contribution in [3.05, 3.63) is 70.6 Å². The van der Waals surface area contributed by atoms with Crippen molar-refractivity contribution in [2.75, 3.05) is 26.3 Å². The van der Waals surface area contributed by atoms with Gasteiger partial charge < -0.3 is 19.6 Å². The van der Waals surface area contributed by atoms with Crippen LogP contribution in [0.1, 0.15) is 30.0 Å². The highest BCUT2D eigenvalue weighted by Gasteiger charge is 2.54. The molecule has 2 aromatic carbocycles. The zero-order valence-corrected chi connectivity index (χ0v) is 20.8. The molecule has 0 bridgehead atoms. The fourth-order valence-corrected chi connectivity index (χ4v) is 5.47. The lowest BCUT2D eigenvalue weighted by molar-refractivity contribution is -0.172. The summed E-state index contributed by atoms with van der Waals surface area (Å²) in [5.41, 5.74) is 1.47. The predicted molar refractivity (Wildman–Crippen MR) is 135 cm³/mol. The maximum Gasteiger partial charge on any atom is 0.325 e.